The Morgan fingerprint density at radius 2 is 2.05 bits per heavy atom. The molecule has 1 aliphatic rings. The zero-order valence-electron chi connectivity index (χ0n) is 14.7. The fourth-order valence-electron chi connectivity index (χ4n) is 4.32. The van der Waals surface area contributed by atoms with E-state index in [1.165, 1.54) is 51.5 Å². The van der Waals surface area contributed by atoms with Gasteiger partial charge in [-0.1, -0.05) is 39.7 Å². The molecule has 0 aliphatic carbocycles. The Labute approximate surface area is 133 Å². The second-order valence-electron chi connectivity index (χ2n) is 7.16. The summed E-state index contributed by atoms with van der Waals surface area (Å²) in [5.41, 5.74) is 6.92. The molecule has 2 heteroatoms. The largest absolute Gasteiger partial charge is 0.330 e. The third kappa shape index (κ3) is 4.56. The second-order valence-corrected chi connectivity index (χ2v) is 7.16. The summed E-state index contributed by atoms with van der Waals surface area (Å²) in [4.78, 5) is 0. The van der Waals surface area contributed by atoms with Gasteiger partial charge in [-0.15, -0.1) is 6.58 Å². The molecule has 1 fully saturated rings. The zero-order valence-corrected chi connectivity index (χ0v) is 14.7. The Morgan fingerprint density at radius 1 is 1.29 bits per heavy atom. The molecule has 2 nitrogen and oxygen atoms in total. The lowest BCUT2D eigenvalue weighted by atomic mass is 9.64. The van der Waals surface area contributed by atoms with Gasteiger partial charge in [0.05, 0.1) is 0 Å². The molecule has 124 valence electrons. The molecule has 3 unspecified atom stereocenters. The maximum absolute atomic E-state index is 5.90. The maximum Gasteiger partial charge on any atom is 0.0136 e. The predicted octanol–water partition coefficient (Wildman–Crippen LogP) is 4.65. The van der Waals surface area contributed by atoms with Crippen LogP contribution in [-0.2, 0) is 0 Å². The normalized spacial score (nSPS) is 27.9. The van der Waals surface area contributed by atoms with E-state index in [1.807, 2.05) is 0 Å². The molecule has 0 aromatic rings. The monoisotopic (exact) mass is 294 g/mol. The van der Waals surface area contributed by atoms with Crippen molar-refractivity contribution >= 4 is 0 Å². The highest BCUT2D eigenvalue weighted by Gasteiger charge is 2.44. The van der Waals surface area contributed by atoms with Crippen molar-refractivity contribution in [2.75, 3.05) is 13.1 Å². The summed E-state index contributed by atoms with van der Waals surface area (Å²) in [6.07, 6.45) is 13.5. The highest BCUT2D eigenvalue weighted by Crippen LogP contribution is 2.44. The van der Waals surface area contributed by atoms with Crippen molar-refractivity contribution in [1.29, 1.82) is 0 Å². The van der Waals surface area contributed by atoms with Gasteiger partial charge in [-0.3, -0.25) is 0 Å². The van der Waals surface area contributed by atoms with Crippen molar-refractivity contribution in [3.05, 3.63) is 12.7 Å². The molecule has 0 radical (unpaired) electrons. The summed E-state index contributed by atoms with van der Waals surface area (Å²) >= 11 is 0. The topological polar surface area (TPSA) is 38.0 Å². The predicted molar refractivity (Wildman–Crippen MR) is 94.5 cm³/mol. The Kier molecular flexibility index (Phi) is 7.97. The SMILES string of the molecule is C=CCCC(CC)(CCN)CCC1NCC1(CC)CCC. The molecule has 0 amide bonds. The fraction of sp³-hybridized carbons (Fsp3) is 0.895. The Morgan fingerprint density at radius 3 is 2.48 bits per heavy atom. The van der Waals surface area contributed by atoms with Gasteiger partial charge in [0.2, 0.25) is 0 Å². The molecule has 0 spiro atoms. The molecule has 1 aliphatic heterocycles. The Hall–Kier alpha value is -0.340. The molecule has 1 rings (SSSR count). The molecule has 0 aromatic carbocycles. The average Bonchev–Trinajstić information content (AvgIpc) is 2.49. The first-order valence-corrected chi connectivity index (χ1v) is 9.16. The number of allylic oxidation sites excluding steroid dienone is 1. The first-order valence-electron chi connectivity index (χ1n) is 9.16. The standard InChI is InChI=1S/C19H38N2/c1-5-9-12-18(7-3,14-15-20)13-10-17-19(8-4,11-6-2)16-21-17/h5,17,21H,1,6-16,20H2,2-4H3. The average molecular weight is 295 g/mol. The number of rotatable bonds is 12. The van der Waals surface area contributed by atoms with Crippen molar-refractivity contribution in [3.63, 3.8) is 0 Å². The van der Waals surface area contributed by atoms with Gasteiger partial charge in [-0.2, -0.15) is 0 Å². The number of nitrogens with one attached hydrogen (secondary N) is 1. The van der Waals surface area contributed by atoms with Crippen LogP contribution in [0.5, 0.6) is 0 Å². The summed E-state index contributed by atoms with van der Waals surface area (Å²) < 4.78 is 0. The van der Waals surface area contributed by atoms with Gasteiger partial charge in [-0.25, -0.2) is 0 Å². The summed E-state index contributed by atoms with van der Waals surface area (Å²) in [6.45, 7) is 13.0. The van der Waals surface area contributed by atoms with Crippen LogP contribution in [0.2, 0.25) is 0 Å². The highest BCUT2D eigenvalue weighted by atomic mass is 15.0. The van der Waals surface area contributed by atoms with Crippen molar-refractivity contribution in [3.8, 4) is 0 Å². The molecule has 3 N–H and O–H groups in total. The van der Waals surface area contributed by atoms with E-state index >= 15 is 0 Å². The number of nitrogens with two attached hydrogens (primary N) is 1. The zero-order chi connectivity index (χ0) is 15.8. The lowest BCUT2D eigenvalue weighted by Crippen LogP contribution is -2.62. The first-order chi connectivity index (χ1) is 10.1. The number of hydrogen-bond acceptors (Lipinski definition) is 2. The van der Waals surface area contributed by atoms with Gasteiger partial charge in [-0.05, 0) is 62.3 Å². The van der Waals surface area contributed by atoms with Crippen LogP contribution in [0.1, 0.15) is 78.6 Å². The van der Waals surface area contributed by atoms with E-state index in [9.17, 15) is 0 Å². The van der Waals surface area contributed by atoms with Crippen LogP contribution in [0.25, 0.3) is 0 Å². The lowest BCUT2D eigenvalue weighted by Gasteiger charge is -2.52. The van der Waals surface area contributed by atoms with Crippen molar-refractivity contribution in [2.24, 2.45) is 16.6 Å². The van der Waals surface area contributed by atoms with Crippen molar-refractivity contribution in [2.45, 2.75) is 84.6 Å². The van der Waals surface area contributed by atoms with Crippen LogP contribution in [0.15, 0.2) is 12.7 Å². The van der Waals surface area contributed by atoms with Crippen LogP contribution in [0.4, 0.5) is 0 Å². The van der Waals surface area contributed by atoms with E-state index in [0.29, 0.717) is 10.8 Å². The van der Waals surface area contributed by atoms with Gasteiger partial charge in [0, 0.05) is 12.6 Å². The van der Waals surface area contributed by atoms with Gasteiger partial charge in [0.1, 0.15) is 0 Å². The molecular formula is C19H38N2. The fourth-order valence-corrected chi connectivity index (χ4v) is 4.32. The molecule has 0 saturated carbocycles. The molecule has 21 heavy (non-hydrogen) atoms. The minimum absolute atomic E-state index is 0.436. The van der Waals surface area contributed by atoms with Crippen LogP contribution in [0, 0.1) is 10.8 Å². The molecule has 3 atom stereocenters. The van der Waals surface area contributed by atoms with E-state index < -0.39 is 0 Å². The molecule has 1 saturated heterocycles. The van der Waals surface area contributed by atoms with Crippen molar-refractivity contribution < 1.29 is 0 Å². The van der Waals surface area contributed by atoms with Gasteiger partial charge in [0.25, 0.3) is 0 Å². The maximum atomic E-state index is 5.90. The van der Waals surface area contributed by atoms with Crippen LogP contribution in [-0.4, -0.2) is 19.1 Å². The third-order valence-corrected chi connectivity index (χ3v) is 6.16. The van der Waals surface area contributed by atoms with Crippen LogP contribution in [0.3, 0.4) is 0 Å². The van der Waals surface area contributed by atoms with E-state index in [0.717, 1.165) is 25.4 Å². The van der Waals surface area contributed by atoms with E-state index in [1.54, 1.807) is 0 Å². The van der Waals surface area contributed by atoms with Gasteiger partial charge in [0.15, 0.2) is 0 Å². The lowest BCUT2D eigenvalue weighted by molar-refractivity contribution is 0.0444. The smallest absolute Gasteiger partial charge is 0.0136 e. The first kappa shape index (κ1) is 18.7. The minimum atomic E-state index is 0.436. The van der Waals surface area contributed by atoms with Gasteiger partial charge >= 0.3 is 0 Å². The quantitative estimate of drug-likeness (QED) is 0.514. The number of hydrogen-bond donors (Lipinski definition) is 2. The van der Waals surface area contributed by atoms with E-state index in [4.69, 9.17) is 5.73 Å². The summed E-state index contributed by atoms with van der Waals surface area (Å²) in [6, 6.07) is 0.731. The van der Waals surface area contributed by atoms with Crippen LogP contribution >= 0.6 is 0 Å². The highest BCUT2D eigenvalue weighted by molar-refractivity contribution is 5.01. The van der Waals surface area contributed by atoms with Crippen LogP contribution < -0.4 is 11.1 Å². The summed E-state index contributed by atoms with van der Waals surface area (Å²) in [5, 5.41) is 3.72. The summed E-state index contributed by atoms with van der Waals surface area (Å²) in [5.74, 6) is 0. The molecule has 0 bridgehead atoms. The van der Waals surface area contributed by atoms with Crippen molar-refractivity contribution in [1.82, 2.24) is 5.32 Å². The van der Waals surface area contributed by atoms with E-state index in [-0.39, 0.29) is 0 Å². The second kappa shape index (κ2) is 8.95. The molecule has 0 aromatic heterocycles. The van der Waals surface area contributed by atoms with Gasteiger partial charge < -0.3 is 11.1 Å². The third-order valence-electron chi connectivity index (χ3n) is 6.16. The molecule has 1 heterocycles. The Bertz CT molecular complexity index is 298. The van der Waals surface area contributed by atoms with E-state index in [2.05, 4.69) is 38.7 Å². The Balaban J connectivity index is 2.61. The minimum Gasteiger partial charge on any atom is -0.330 e. The summed E-state index contributed by atoms with van der Waals surface area (Å²) in [7, 11) is 0. The molecular weight excluding hydrogens is 256 g/mol.